The fourth-order valence-corrected chi connectivity index (χ4v) is 2.81. The van der Waals surface area contributed by atoms with Crippen LogP contribution in [0.25, 0.3) is 11.4 Å². The third-order valence-electron chi connectivity index (χ3n) is 3.30. The van der Waals surface area contributed by atoms with Crippen molar-refractivity contribution in [3.8, 4) is 17.1 Å². The molecule has 2 heterocycles. The van der Waals surface area contributed by atoms with Gasteiger partial charge in [-0.2, -0.15) is 5.10 Å². The molecule has 0 aliphatic rings. The third-order valence-corrected chi connectivity index (χ3v) is 4.41. The first-order valence-electron chi connectivity index (χ1n) is 7.00. The van der Waals surface area contributed by atoms with Crippen molar-refractivity contribution in [2.75, 3.05) is 6.26 Å². The fourth-order valence-electron chi connectivity index (χ4n) is 2.12. The van der Waals surface area contributed by atoms with E-state index in [0.29, 0.717) is 11.3 Å². The van der Waals surface area contributed by atoms with Crippen LogP contribution in [-0.2, 0) is 16.4 Å². The molecule has 3 rings (SSSR count). The highest BCUT2D eigenvalue weighted by molar-refractivity contribution is 7.90. The second kappa shape index (κ2) is 6.40. The zero-order valence-electron chi connectivity index (χ0n) is 12.7. The van der Waals surface area contributed by atoms with Crippen LogP contribution in [0, 0.1) is 5.82 Å². The number of nitrogens with one attached hydrogen (secondary N) is 1. The summed E-state index contributed by atoms with van der Waals surface area (Å²) in [5.74, 6) is -0.290. The van der Waals surface area contributed by atoms with Crippen LogP contribution >= 0.6 is 0 Å². The number of hydrogen-bond acceptors (Lipinski definition) is 5. The zero-order chi connectivity index (χ0) is 17.2. The van der Waals surface area contributed by atoms with Crippen molar-refractivity contribution < 1.29 is 17.5 Å². The molecule has 0 radical (unpaired) electrons. The summed E-state index contributed by atoms with van der Waals surface area (Å²) < 4.78 is 42.7. The highest BCUT2D eigenvalue weighted by Crippen LogP contribution is 2.22. The maximum Gasteiger partial charge on any atom is 0.175 e. The molecule has 24 heavy (non-hydrogen) atoms. The quantitative estimate of drug-likeness (QED) is 0.767. The summed E-state index contributed by atoms with van der Waals surface area (Å²) in [7, 11) is -3.28. The lowest BCUT2D eigenvalue weighted by molar-refractivity contribution is 0.303. The Balaban J connectivity index is 1.75. The molecule has 0 saturated carbocycles. The number of nitrogens with zero attached hydrogens (tertiary/aromatic N) is 2. The van der Waals surface area contributed by atoms with Crippen molar-refractivity contribution in [2.45, 2.75) is 11.5 Å². The topological polar surface area (TPSA) is 84.9 Å². The summed E-state index contributed by atoms with van der Waals surface area (Å²) in [5.41, 5.74) is 1.29. The van der Waals surface area contributed by atoms with Crippen molar-refractivity contribution in [3.05, 3.63) is 60.2 Å². The van der Waals surface area contributed by atoms with Gasteiger partial charge < -0.3 is 4.74 Å². The van der Waals surface area contributed by atoms with Gasteiger partial charge >= 0.3 is 0 Å². The van der Waals surface area contributed by atoms with Gasteiger partial charge in [0.2, 0.25) is 0 Å². The number of ether oxygens (including phenoxy) is 1. The Morgan fingerprint density at radius 3 is 2.75 bits per heavy atom. The van der Waals surface area contributed by atoms with Crippen molar-refractivity contribution in [3.63, 3.8) is 0 Å². The van der Waals surface area contributed by atoms with E-state index in [1.54, 1.807) is 18.2 Å². The maximum atomic E-state index is 14.1. The monoisotopic (exact) mass is 347 g/mol. The number of H-pyrrole nitrogens is 1. The van der Waals surface area contributed by atoms with Crippen molar-refractivity contribution in [1.82, 2.24) is 15.2 Å². The van der Waals surface area contributed by atoms with E-state index in [0.717, 1.165) is 6.26 Å². The zero-order valence-corrected chi connectivity index (χ0v) is 13.5. The SMILES string of the molecule is CS(=O)(=O)c1cccc(COc2cnc(-c3ccn[nH]3)c(F)c2)c1. The van der Waals surface area contributed by atoms with E-state index in [2.05, 4.69) is 15.2 Å². The lowest BCUT2D eigenvalue weighted by atomic mass is 10.2. The molecule has 1 N–H and O–H groups in total. The molecule has 0 atom stereocenters. The summed E-state index contributed by atoms with van der Waals surface area (Å²) in [6, 6.07) is 9.25. The second-order valence-electron chi connectivity index (χ2n) is 5.18. The normalized spacial score (nSPS) is 11.4. The minimum atomic E-state index is -3.28. The van der Waals surface area contributed by atoms with Gasteiger partial charge in [0, 0.05) is 18.5 Å². The number of aromatic nitrogens is 3. The van der Waals surface area contributed by atoms with E-state index in [4.69, 9.17) is 4.74 Å². The molecule has 8 heteroatoms. The lowest BCUT2D eigenvalue weighted by Gasteiger charge is -2.08. The average Bonchev–Trinajstić information content (AvgIpc) is 3.07. The van der Waals surface area contributed by atoms with Gasteiger partial charge in [-0.1, -0.05) is 12.1 Å². The Morgan fingerprint density at radius 2 is 2.08 bits per heavy atom. The van der Waals surface area contributed by atoms with Crippen LogP contribution < -0.4 is 4.74 Å². The molecular weight excluding hydrogens is 333 g/mol. The summed E-state index contributed by atoms with van der Waals surface area (Å²) in [4.78, 5) is 4.23. The molecule has 0 unspecified atom stereocenters. The van der Waals surface area contributed by atoms with Gasteiger partial charge in [-0.3, -0.25) is 5.10 Å². The van der Waals surface area contributed by atoms with Crippen LogP contribution in [-0.4, -0.2) is 29.9 Å². The van der Waals surface area contributed by atoms with E-state index in [1.807, 2.05) is 0 Å². The number of pyridine rings is 1. The van der Waals surface area contributed by atoms with E-state index in [1.165, 1.54) is 30.6 Å². The van der Waals surface area contributed by atoms with Crippen molar-refractivity contribution in [1.29, 1.82) is 0 Å². The van der Waals surface area contributed by atoms with Gasteiger partial charge in [-0.15, -0.1) is 0 Å². The predicted molar refractivity (Wildman–Crippen MR) is 85.7 cm³/mol. The van der Waals surface area contributed by atoms with Crippen LogP contribution in [0.1, 0.15) is 5.56 Å². The van der Waals surface area contributed by atoms with Gasteiger partial charge in [0.15, 0.2) is 15.7 Å². The molecule has 0 amide bonds. The molecule has 0 aliphatic heterocycles. The summed E-state index contributed by atoms with van der Waals surface area (Å²) in [6.07, 6.45) is 4.05. The molecule has 0 bridgehead atoms. The number of halogens is 1. The highest BCUT2D eigenvalue weighted by atomic mass is 32.2. The molecule has 0 saturated heterocycles. The van der Waals surface area contributed by atoms with Gasteiger partial charge in [0.25, 0.3) is 0 Å². The van der Waals surface area contributed by atoms with E-state index < -0.39 is 15.7 Å². The summed E-state index contributed by atoms with van der Waals surface area (Å²) in [6.45, 7) is 0.105. The lowest BCUT2D eigenvalue weighted by Crippen LogP contribution is -2.01. The molecule has 0 fully saturated rings. The van der Waals surface area contributed by atoms with Crippen molar-refractivity contribution in [2.24, 2.45) is 0 Å². The Morgan fingerprint density at radius 1 is 1.25 bits per heavy atom. The van der Waals surface area contributed by atoms with Crippen LogP contribution in [0.3, 0.4) is 0 Å². The number of hydrogen-bond donors (Lipinski definition) is 1. The number of aromatic amines is 1. The van der Waals surface area contributed by atoms with Crippen molar-refractivity contribution >= 4 is 9.84 Å². The Bertz CT molecular complexity index is 956. The fraction of sp³-hybridized carbons (Fsp3) is 0.125. The van der Waals surface area contributed by atoms with Crippen LogP contribution in [0.2, 0.25) is 0 Å². The van der Waals surface area contributed by atoms with Crippen LogP contribution in [0.15, 0.2) is 53.7 Å². The van der Waals surface area contributed by atoms with Gasteiger partial charge in [0.05, 0.1) is 16.8 Å². The smallest absolute Gasteiger partial charge is 0.175 e. The molecule has 1 aromatic carbocycles. The summed E-state index contributed by atoms with van der Waals surface area (Å²) in [5, 5.41) is 6.40. The Hall–Kier alpha value is -2.74. The second-order valence-corrected chi connectivity index (χ2v) is 7.20. The average molecular weight is 347 g/mol. The highest BCUT2D eigenvalue weighted by Gasteiger charge is 2.11. The van der Waals surface area contributed by atoms with Gasteiger partial charge in [-0.25, -0.2) is 17.8 Å². The molecule has 124 valence electrons. The first kappa shape index (κ1) is 16.1. The maximum absolute atomic E-state index is 14.1. The van der Waals surface area contributed by atoms with Crippen LogP contribution in [0.4, 0.5) is 4.39 Å². The first-order valence-corrected chi connectivity index (χ1v) is 8.90. The largest absolute Gasteiger partial charge is 0.487 e. The molecule has 6 nitrogen and oxygen atoms in total. The molecule has 0 aliphatic carbocycles. The van der Waals surface area contributed by atoms with E-state index in [9.17, 15) is 12.8 Å². The van der Waals surface area contributed by atoms with Gasteiger partial charge in [-0.05, 0) is 23.8 Å². The third kappa shape index (κ3) is 3.60. The summed E-state index contributed by atoms with van der Waals surface area (Å²) >= 11 is 0. The molecule has 2 aromatic heterocycles. The van der Waals surface area contributed by atoms with E-state index >= 15 is 0 Å². The minimum Gasteiger partial charge on any atom is -0.487 e. The number of sulfone groups is 1. The molecular formula is C16H14FN3O3S. The Kier molecular flexibility index (Phi) is 4.30. The first-order chi connectivity index (χ1) is 11.4. The predicted octanol–water partition coefficient (Wildman–Crippen LogP) is 2.59. The minimum absolute atomic E-state index is 0.105. The number of benzene rings is 1. The number of rotatable bonds is 5. The Labute approximate surface area is 138 Å². The van der Waals surface area contributed by atoms with Crippen LogP contribution in [0.5, 0.6) is 5.75 Å². The van der Waals surface area contributed by atoms with E-state index in [-0.39, 0.29) is 22.9 Å². The van der Waals surface area contributed by atoms with Gasteiger partial charge in [0.1, 0.15) is 18.1 Å². The molecule has 3 aromatic rings. The standard InChI is InChI=1S/C16H14FN3O3S/c1-24(21,22)13-4-2-3-11(7-13)10-23-12-8-14(17)16(18-9-12)15-5-6-19-20-15/h2-9H,10H2,1H3,(H,19,20). The molecule has 0 spiro atoms.